The minimum atomic E-state index is -4.58. The molecule has 1 fully saturated rings. The summed E-state index contributed by atoms with van der Waals surface area (Å²) >= 11 is 0. The Balaban J connectivity index is 1.61. The van der Waals surface area contributed by atoms with Crippen LogP contribution in [0.5, 0.6) is 5.75 Å². The number of aromatic amines is 1. The number of esters is 1. The van der Waals surface area contributed by atoms with Crippen molar-refractivity contribution in [1.29, 1.82) is 0 Å². The van der Waals surface area contributed by atoms with Crippen molar-refractivity contribution in [1.82, 2.24) is 10.3 Å². The molecule has 0 unspecified atom stereocenters. The fourth-order valence-corrected chi connectivity index (χ4v) is 4.24. The van der Waals surface area contributed by atoms with E-state index >= 15 is 0 Å². The topological polar surface area (TPSA) is 80.4 Å². The van der Waals surface area contributed by atoms with Gasteiger partial charge in [0.05, 0.1) is 18.9 Å². The molecule has 0 saturated heterocycles. The van der Waals surface area contributed by atoms with Gasteiger partial charge in [0.25, 0.3) is 0 Å². The number of hydrogen-bond donors (Lipinski definition) is 2. The number of hydrogen-bond acceptors (Lipinski definition) is 4. The van der Waals surface area contributed by atoms with Gasteiger partial charge >= 0.3 is 12.1 Å². The maximum Gasteiger partial charge on any atom is 0.422 e. The number of amides is 1. The number of carbonyl (C=O) groups excluding carboxylic acids is 2. The first kappa shape index (κ1) is 23.0. The Morgan fingerprint density at radius 2 is 1.90 bits per heavy atom. The van der Waals surface area contributed by atoms with Crippen LogP contribution in [0.1, 0.15) is 36.9 Å². The first-order chi connectivity index (χ1) is 14.7. The number of nitrogens with one attached hydrogen (secondary N) is 2. The van der Waals surface area contributed by atoms with E-state index in [0.717, 1.165) is 34.3 Å². The van der Waals surface area contributed by atoms with Crippen LogP contribution in [0.25, 0.3) is 10.9 Å². The fourth-order valence-electron chi connectivity index (χ4n) is 4.24. The van der Waals surface area contributed by atoms with Gasteiger partial charge in [-0.1, -0.05) is 12.8 Å². The van der Waals surface area contributed by atoms with Crippen molar-refractivity contribution in [2.75, 3.05) is 20.3 Å². The number of aromatic nitrogens is 1. The molecule has 2 atom stereocenters. The lowest BCUT2D eigenvalue weighted by Crippen LogP contribution is -2.41. The molecule has 1 amide bonds. The van der Waals surface area contributed by atoms with Gasteiger partial charge in [-0.2, -0.15) is 13.2 Å². The zero-order valence-electron chi connectivity index (χ0n) is 17.6. The van der Waals surface area contributed by atoms with Crippen molar-refractivity contribution < 1.29 is 32.2 Å². The van der Waals surface area contributed by atoms with Crippen molar-refractivity contribution in [2.45, 2.75) is 45.2 Å². The van der Waals surface area contributed by atoms with Gasteiger partial charge in [-0.3, -0.25) is 9.59 Å². The van der Waals surface area contributed by atoms with Crippen LogP contribution in [0.2, 0.25) is 0 Å². The average molecular weight is 440 g/mol. The van der Waals surface area contributed by atoms with Crippen LogP contribution < -0.4 is 10.1 Å². The molecule has 1 aliphatic rings. The Morgan fingerprint density at radius 3 is 2.58 bits per heavy atom. The molecule has 9 heteroatoms. The van der Waals surface area contributed by atoms with E-state index in [9.17, 15) is 22.8 Å². The number of rotatable bonds is 7. The predicted octanol–water partition coefficient (Wildman–Crippen LogP) is 4.06. The molecular formula is C22H27F3N2O4. The minimum Gasteiger partial charge on any atom is -0.497 e. The molecule has 0 radical (unpaired) electrons. The van der Waals surface area contributed by atoms with Gasteiger partial charge in [-0.25, -0.2) is 0 Å². The maximum absolute atomic E-state index is 12.7. The summed E-state index contributed by atoms with van der Waals surface area (Å²) in [7, 11) is 1.60. The second-order valence-corrected chi connectivity index (χ2v) is 7.90. The predicted molar refractivity (Wildman–Crippen MR) is 109 cm³/mol. The minimum absolute atomic E-state index is 0.316. The van der Waals surface area contributed by atoms with E-state index in [1.807, 2.05) is 25.1 Å². The van der Waals surface area contributed by atoms with Gasteiger partial charge in [-0.15, -0.1) is 0 Å². The summed E-state index contributed by atoms with van der Waals surface area (Å²) in [4.78, 5) is 28.2. The molecule has 3 rings (SSSR count). The van der Waals surface area contributed by atoms with Crippen LogP contribution in [0.3, 0.4) is 0 Å². The van der Waals surface area contributed by atoms with Gasteiger partial charge in [0, 0.05) is 23.1 Å². The Bertz CT molecular complexity index is 939. The quantitative estimate of drug-likeness (QED) is 0.637. The molecular weight excluding hydrogens is 413 g/mol. The van der Waals surface area contributed by atoms with Crippen molar-refractivity contribution in [3.63, 3.8) is 0 Å². The van der Waals surface area contributed by atoms with Crippen molar-refractivity contribution >= 4 is 22.8 Å². The lowest BCUT2D eigenvalue weighted by Gasteiger charge is -2.29. The third-order valence-electron chi connectivity index (χ3n) is 5.78. The van der Waals surface area contributed by atoms with E-state index < -0.39 is 30.6 Å². The van der Waals surface area contributed by atoms with Gasteiger partial charge in [0.1, 0.15) is 5.75 Å². The van der Waals surface area contributed by atoms with E-state index in [2.05, 4.69) is 15.0 Å². The van der Waals surface area contributed by atoms with Gasteiger partial charge in [-0.05, 0) is 49.9 Å². The summed E-state index contributed by atoms with van der Waals surface area (Å²) in [5, 5.41) is 3.87. The summed E-state index contributed by atoms with van der Waals surface area (Å²) in [6, 6.07) is 5.73. The van der Waals surface area contributed by atoms with E-state index in [1.165, 1.54) is 0 Å². The smallest absolute Gasteiger partial charge is 0.422 e. The third-order valence-corrected chi connectivity index (χ3v) is 5.78. The highest BCUT2D eigenvalue weighted by Gasteiger charge is 2.38. The number of aryl methyl sites for hydroxylation is 1. The molecule has 1 aromatic carbocycles. The summed E-state index contributed by atoms with van der Waals surface area (Å²) < 4.78 is 46.8. The number of halogens is 3. The maximum atomic E-state index is 12.7. The van der Waals surface area contributed by atoms with Crippen LogP contribution in [0.4, 0.5) is 13.2 Å². The molecule has 0 spiro atoms. The van der Waals surface area contributed by atoms with E-state index in [0.29, 0.717) is 32.2 Å². The van der Waals surface area contributed by atoms with Crippen molar-refractivity contribution in [2.24, 2.45) is 11.8 Å². The van der Waals surface area contributed by atoms with Crippen molar-refractivity contribution in [3.05, 3.63) is 29.5 Å². The Hall–Kier alpha value is -2.71. The highest BCUT2D eigenvalue weighted by Crippen LogP contribution is 2.32. The number of fused-ring (bicyclic) bond motifs is 1. The summed E-state index contributed by atoms with van der Waals surface area (Å²) in [6.07, 6.45) is -1.76. The summed E-state index contributed by atoms with van der Waals surface area (Å²) in [5.41, 5.74) is 3.02. The SMILES string of the molecule is COc1ccc2[nH]c(C)c(CCNC(=O)[C@@H]3CCCC[C@@H]3C(=O)OCC(F)(F)F)c2c1. The van der Waals surface area contributed by atoms with Gasteiger partial charge in [0.2, 0.25) is 5.91 Å². The average Bonchev–Trinajstić information content (AvgIpc) is 3.05. The largest absolute Gasteiger partial charge is 0.497 e. The molecule has 1 aliphatic carbocycles. The van der Waals surface area contributed by atoms with Gasteiger partial charge < -0.3 is 19.8 Å². The molecule has 0 bridgehead atoms. The molecule has 2 N–H and O–H groups in total. The highest BCUT2D eigenvalue weighted by molar-refractivity contribution is 5.87. The van der Waals surface area contributed by atoms with Crippen LogP contribution in [-0.2, 0) is 20.7 Å². The normalized spacial score (nSPS) is 19.3. The number of H-pyrrole nitrogens is 1. The van der Waals surface area contributed by atoms with Crippen LogP contribution in [-0.4, -0.2) is 43.3 Å². The van der Waals surface area contributed by atoms with E-state index in [4.69, 9.17) is 4.74 Å². The van der Waals surface area contributed by atoms with E-state index in [-0.39, 0.29) is 5.91 Å². The number of alkyl halides is 3. The molecule has 6 nitrogen and oxygen atoms in total. The first-order valence-corrected chi connectivity index (χ1v) is 10.4. The zero-order valence-corrected chi connectivity index (χ0v) is 17.6. The third kappa shape index (κ3) is 5.71. The summed E-state index contributed by atoms with van der Waals surface area (Å²) in [6.45, 7) is 0.683. The molecule has 0 aliphatic heterocycles. The lowest BCUT2D eigenvalue weighted by atomic mass is 9.78. The molecule has 1 saturated carbocycles. The second-order valence-electron chi connectivity index (χ2n) is 7.90. The summed E-state index contributed by atoms with van der Waals surface area (Å²) in [5.74, 6) is -2.03. The molecule has 2 aromatic rings. The number of ether oxygens (including phenoxy) is 2. The standard InChI is InChI=1S/C22H27F3N2O4/c1-13-15(18-11-14(30-2)7-8-19(18)27-13)9-10-26-20(28)16-5-3-4-6-17(16)21(29)31-12-22(23,24)25/h7-8,11,16-17,27H,3-6,9-10,12H2,1-2H3,(H,26,28)/t16-,17+/m1/s1. The second kappa shape index (κ2) is 9.62. The number of methoxy groups -OCH3 is 1. The molecule has 31 heavy (non-hydrogen) atoms. The van der Waals surface area contributed by atoms with Crippen LogP contribution in [0.15, 0.2) is 18.2 Å². The zero-order chi connectivity index (χ0) is 22.6. The van der Waals surface area contributed by atoms with Crippen LogP contribution in [0, 0.1) is 18.8 Å². The molecule has 1 heterocycles. The Morgan fingerprint density at radius 1 is 1.19 bits per heavy atom. The monoisotopic (exact) mass is 440 g/mol. The van der Waals surface area contributed by atoms with E-state index in [1.54, 1.807) is 7.11 Å². The lowest BCUT2D eigenvalue weighted by molar-refractivity contribution is -0.191. The molecule has 170 valence electrons. The number of benzene rings is 1. The highest BCUT2D eigenvalue weighted by atomic mass is 19.4. The Labute approximate surface area is 178 Å². The Kier molecular flexibility index (Phi) is 7.12. The van der Waals surface area contributed by atoms with Gasteiger partial charge in [0.15, 0.2) is 6.61 Å². The first-order valence-electron chi connectivity index (χ1n) is 10.4. The molecule has 1 aromatic heterocycles. The number of carbonyl (C=O) groups is 2. The fraction of sp³-hybridized carbons (Fsp3) is 0.545. The van der Waals surface area contributed by atoms with Crippen LogP contribution >= 0.6 is 0 Å². The van der Waals surface area contributed by atoms with Crippen molar-refractivity contribution in [3.8, 4) is 5.75 Å².